The standard InChI is InChI=1S/C7H7NO.C2H6/c1-6-7(5-9)3-2-4-8-6;1-2/h2-5H,1H3;1-2H3. The molecule has 1 rings (SSSR count). The largest absolute Gasteiger partial charge is 0.298 e. The predicted molar refractivity (Wildman–Crippen MR) is 45.7 cm³/mol. The number of rotatable bonds is 1. The molecule has 0 aliphatic heterocycles. The first-order valence-corrected chi connectivity index (χ1v) is 3.71. The molecule has 0 atom stereocenters. The van der Waals surface area contributed by atoms with Crippen molar-refractivity contribution in [2.24, 2.45) is 0 Å². The lowest BCUT2D eigenvalue weighted by Gasteiger charge is -1.91. The zero-order chi connectivity index (χ0) is 8.69. The quantitative estimate of drug-likeness (QED) is 0.576. The van der Waals surface area contributed by atoms with Crippen LogP contribution in [-0.2, 0) is 0 Å². The molecule has 11 heavy (non-hydrogen) atoms. The van der Waals surface area contributed by atoms with E-state index in [1.54, 1.807) is 18.3 Å². The normalized spacial score (nSPS) is 7.91. The van der Waals surface area contributed by atoms with Gasteiger partial charge in [0.25, 0.3) is 0 Å². The molecule has 0 fully saturated rings. The Morgan fingerprint density at radius 3 is 2.45 bits per heavy atom. The van der Waals surface area contributed by atoms with Crippen molar-refractivity contribution in [2.45, 2.75) is 20.8 Å². The van der Waals surface area contributed by atoms with Crippen LogP contribution in [-0.4, -0.2) is 11.3 Å². The Bertz CT molecular complexity index is 221. The van der Waals surface area contributed by atoms with Crippen molar-refractivity contribution < 1.29 is 4.79 Å². The summed E-state index contributed by atoms with van der Waals surface area (Å²) in [6.45, 7) is 5.81. The molecular weight excluding hydrogens is 138 g/mol. The summed E-state index contributed by atoms with van der Waals surface area (Å²) in [6, 6.07) is 3.49. The van der Waals surface area contributed by atoms with Gasteiger partial charge in [-0.2, -0.15) is 0 Å². The monoisotopic (exact) mass is 151 g/mol. The molecule has 2 heteroatoms. The number of hydrogen-bond donors (Lipinski definition) is 0. The predicted octanol–water partition coefficient (Wildman–Crippen LogP) is 2.23. The zero-order valence-corrected chi connectivity index (χ0v) is 7.16. The Kier molecular flexibility index (Phi) is 4.99. The molecule has 0 unspecified atom stereocenters. The van der Waals surface area contributed by atoms with Gasteiger partial charge in [0, 0.05) is 17.5 Å². The van der Waals surface area contributed by atoms with E-state index in [-0.39, 0.29) is 0 Å². The second kappa shape index (κ2) is 5.59. The van der Waals surface area contributed by atoms with E-state index in [9.17, 15) is 4.79 Å². The Labute approximate surface area is 67.3 Å². The molecule has 0 saturated carbocycles. The fraction of sp³-hybridized carbons (Fsp3) is 0.333. The number of nitrogens with zero attached hydrogens (tertiary/aromatic N) is 1. The van der Waals surface area contributed by atoms with Gasteiger partial charge in [0.1, 0.15) is 0 Å². The molecule has 1 aromatic heterocycles. The van der Waals surface area contributed by atoms with Crippen LogP contribution in [0.1, 0.15) is 29.9 Å². The molecule has 0 aromatic carbocycles. The van der Waals surface area contributed by atoms with E-state index >= 15 is 0 Å². The first kappa shape index (κ1) is 9.82. The fourth-order valence-corrected chi connectivity index (χ4v) is 0.621. The van der Waals surface area contributed by atoms with E-state index in [0.29, 0.717) is 5.56 Å². The van der Waals surface area contributed by atoms with Gasteiger partial charge < -0.3 is 0 Å². The highest BCUT2D eigenvalue weighted by atomic mass is 16.1. The molecular formula is C9H13NO. The van der Waals surface area contributed by atoms with Gasteiger partial charge in [-0.05, 0) is 19.1 Å². The lowest BCUT2D eigenvalue weighted by Crippen LogP contribution is -1.87. The Morgan fingerprint density at radius 2 is 2.09 bits per heavy atom. The van der Waals surface area contributed by atoms with Gasteiger partial charge in [-0.25, -0.2) is 0 Å². The summed E-state index contributed by atoms with van der Waals surface area (Å²) in [6.07, 6.45) is 2.48. The average Bonchev–Trinajstić information content (AvgIpc) is 2.09. The Morgan fingerprint density at radius 1 is 1.45 bits per heavy atom. The zero-order valence-electron chi connectivity index (χ0n) is 7.16. The van der Waals surface area contributed by atoms with E-state index in [0.717, 1.165) is 12.0 Å². The van der Waals surface area contributed by atoms with Crippen molar-refractivity contribution in [2.75, 3.05) is 0 Å². The van der Waals surface area contributed by atoms with E-state index in [1.165, 1.54) is 0 Å². The van der Waals surface area contributed by atoms with Gasteiger partial charge in [-0.1, -0.05) is 13.8 Å². The summed E-state index contributed by atoms with van der Waals surface area (Å²) < 4.78 is 0. The third kappa shape index (κ3) is 2.94. The maximum absolute atomic E-state index is 10.2. The van der Waals surface area contributed by atoms with Crippen molar-refractivity contribution in [1.29, 1.82) is 0 Å². The van der Waals surface area contributed by atoms with Crippen LogP contribution in [0.2, 0.25) is 0 Å². The van der Waals surface area contributed by atoms with Crippen molar-refractivity contribution in [3.05, 3.63) is 29.6 Å². The van der Waals surface area contributed by atoms with E-state index in [4.69, 9.17) is 0 Å². The van der Waals surface area contributed by atoms with Crippen LogP contribution in [0.3, 0.4) is 0 Å². The van der Waals surface area contributed by atoms with Crippen LogP contribution >= 0.6 is 0 Å². The van der Waals surface area contributed by atoms with Gasteiger partial charge >= 0.3 is 0 Å². The van der Waals surface area contributed by atoms with E-state index < -0.39 is 0 Å². The number of carbonyl (C=O) groups is 1. The molecule has 1 heterocycles. The Balaban J connectivity index is 0.000000461. The van der Waals surface area contributed by atoms with Gasteiger partial charge in [-0.3, -0.25) is 9.78 Å². The van der Waals surface area contributed by atoms with Crippen LogP contribution in [0, 0.1) is 6.92 Å². The van der Waals surface area contributed by atoms with Gasteiger partial charge in [0.15, 0.2) is 6.29 Å². The molecule has 0 N–H and O–H groups in total. The maximum atomic E-state index is 10.2. The summed E-state index contributed by atoms with van der Waals surface area (Å²) in [7, 11) is 0. The molecule has 0 aliphatic rings. The third-order valence-corrected chi connectivity index (χ3v) is 1.17. The molecule has 0 aliphatic carbocycles. The topological polar surface area (TPSA) is 30.0 Å². The average molecular weight is 151 g/mol. The summed E-state index contributed by atoms with van der Waals surface area (Å²) in [5.74, 6) is 0. The summed E-state index contributed by atoms with van der Waals surface area (Å²) in [5.41, 5.74) is 1.45. The number of aromatic nitrogens is 1. The molecule has 1 aromatic rings. The number of pyridine rings is 1. The number of hydrogen-bond acceptors (Lipinski definition) is 2. The van der Waals surface area contributed by atoms with Gasteiger partial charge in [0.05, 0.1) is 0 Å². The smallest absolute Gasteiger partial charge is 0.151 e. The molecule has 0 amide bonds. The molecule has 0 bridgehead atoms. The second-order valence-electron chi connectivity index (χ2n) is 1.80. The minimum Gasteiger partial charge on any atom is -0.298 e. The van der Waals surface area contributed by atoms with Crippen LogP contribution < -0.4 is 0 Å². The van der Waals surface area contributed by atoms with Crippen molar-refractivity contribution >= 4 is 6.29 Å². The van der Waals surface area contributed by atoms with Gasteiger partial charge in [-0.15, -0.1) is 0 Å². The third-order valence-electron chi connectivity index (χ3n) is 1.17. The highest BCUT2D eigenvalue weighted by Crippen LogP contribution is 1.97. The highest BCUT2D eigenvalue weighted by Gasteiger charge is 1.91. The SMILES string of the molecule is CC.Cc1ncccc1C=O. The van der Waals surface area contributed by atoms with E-state index in [1.807, 2.05) is 20.8 Å². The second-order valence-corrected chi connectivity index (χ2v) is 1.80. The number of carbonyl (C=O) groups excluding carboxylic acids is 1. The minimum atomic E-state index is 0.664. The highest BCUT2D eigenvalue weighted by molar-refractivity contribution is 5.75. The van der Waals surface area contributed by atoms with Crippen LogP contribution in [0.25, 0.3) is 0 Å². The molecule has 0 saturated heterocycles. The van der Waals surface area contributed by atoms with Crippen molar-refractivity contribution in [1.82, 2.24) is 4.98 Å². The molecule has 2 nitrogen and oxygen atoms in total. The number of aldehydes is 1. The van der Waals surface area contributed by atoms with Crippen molar-refractivity contribution in [3.63, 3.8) is 0 Å². The number of aryl methyl sites for hydroxylation is 1. The first-order valence-electron chi connectivity index (χ1n) is 3.71. The lowest BCUT2D eigenvalue weighted by atomic mass is 10.2. The lowest BCUT2D eigenvalue weighted by molar-refractivity contribution is 0.112. The first-order chi connectivity index (χ1) is 5.34. The molecule has 0 spiro atoms. The van der Waals surface area contributed by atoms with Crippen LogP contribution in [0.4, 0.5) is 0 Å². The Hall–Kier alpha value is -1.18. The summed E-state index contributed by atoms with van der Waals surface area (Å²) in [5, 5.41) is 0. The van der Waals surface area contributed by atoms with Crippen molar-refractivity contribution in [3.8, 4) is 0 Å². The maximum Gasteiger partial charge on any atom is 0.151 e. The fourth-order valence-electron chi connectivity index (χ4n) is 0.621. The van der Waals surface area contributed by atoms with Crippen LogP contribution in [0.5, 0.6) is 0 Å². The molecule has 60 valence electrons. The molecule has 0 radical (unpaired) electrons. The van der Waals surface area contributed by atoms with Crippen LogP contribution in [0.15, 0.2) is 18.3 Å². The van der Waals surface area contributed by atoms with E-state index in [2.05, 4.69) is 4.98 Å². The summed E-state index contributed by atoms with van der Waals surface area (Å²) in [4.78, 5) is 14.1. The minimum absolute atomic E-state index is 0.664. The summed E-state index contributed by atoms with van der Waals surface area (Å²) >= 11 is 0. The van der Waals surface area contributed by atoms with Gasteiger partial charge in [0.2, 0.25) is 0 Å².